The molecule has 4 saturated carbocycles. The minimum absolute atomic E-state index is 0.0611. The maximum atomic E-state index is 12.8. The Hall–Kier alpha value is -1.18. The predicted molar refractivity (Wildman–Crippen MR) is 266 cm³/mol. The molecule has 0 aromatic carbocycles. The molecule has 31 atom stereocenters. The lowest BCUT2D eigenvalue weighted by atomic mass is 9.34. The van der Waals surface area contributed by atoms with Gasteiger partial charge in [-0.3, -0.25) is 0 Å². The van der Waals surface area contributed by atoms with E-state index in [-0.39, 0.29) is 30.1 Å². The molecule has 8 aliphatic rings. The average Bonchev–Trinajstić information content (AvgIpc) is 4.05. The summed E-state index contributed by atoms with van der Waals surface area (Å²) in [6.07, 6.45) is -27.7. The summed E-state index contributed by atoms with van der Waals surface area (Å²) >= 11 is 0. The van der Waals surface area contributed by atoms with Crippen molar-refractivity contribution in [1.29, 1.82) is 0 Å². The fourth-order valence-electron chi connectivity index (χ4n) is 16.1. The average molecular weight is 1110 g/mol. The summed E-state index contributed by atoms with van der Waals surface area (Å²) in [5.74, 6) is -1.11. The molecular weight excluding hydrogens is 1020 g/mol. The third-order valence-electron chi connectivity index (χ3n) is 21.0. The van der Waals surface area contributed by atoms with Gasteiger partial charge in [0.25, 0.3) is 0 Å². The highest BCUT2D eigenvalue weighted by Crippen LogP contribution is 2.76. The van der Waals surface area contributed by atoms with E-state index in [1.165, 1.54) is 6.92 Å². The largest absolute Gasteiger partial charge is 0.394 e. The Bertz CT molecular complexity index is 2010. The Morgan fingerprint density at radius 1 is 0.584 bits per heavy atom. The van der Waals surface area contributed by atoms with Crippen molar-refractivity contribution in [2.75, 3.05) is 19.8 Å². The van der Waals surface area contributed by atoms with Crippen molar-refractivity contribution >= 4 is 0 Å². The van der Waals surface area contributed by atoms with Crippen LogP contribution in [0, 0.1) is 45.3 Å². The first-order valence-corrected chi connectivity index (χ1v) is 27.9. The van der Waals surface area contributed by atoms with Crippen molar-refractivity contribution in [2.45, 2.75) is 260 Å². The Morgan fingerprint density at radius 2 is 1.13 bits per heavy atom. The number of rotatable bonds is 15. The van der Waals surface area contributed by atoms with E-state index in [1.807, 2.05) is 34.6 Å². The van der Waals surface area contributed by atoms with Gasteiger partial charge in [0.05, 0.1) is 49.8 Å². The van der Waals surface area contributed by atoms with Crippen LogP contribution in [-0.4, -0.2) is 243 Å². The number of aliphatic hydroxyl groups is 15. The zero-order chi connectivity index (χ0) is 56.8. The number of ether oxygens (including phenoxy) is 8. The summed E-state index contributed by atoms with van der Waals surface area (Å²) < 4.78 is 48.9. The minimum Gasteiger partial charge on any atom is -0.394 e. The van der Waals surface area contributed by atoms with E-state index in [2.05, 4.69) is 26.8 Å². The maximum absolute atomic E-state index is 12.8. The fourth-order valence-corrected chi connectivity index (χ4v) is 16.1. The second kappa shape index (κ2) is 23.1. The molecule has 4 aliphatic heterocycles. The topological polar surface area (TPSA) is 377 Å². The van der Waals surface area contributed by atoms with Crippen molar-refractivity contribution in [1.82, 2.24) is 0 Å². The van der Waals surface area contributed by atoms with Crippen LogP contribution in [0.2, 0.25) is 0 Å². The SMILES string of the molecule is CC(C)=CCCC(C)(O[C@@H]1O[C@H](CO[C@@H]2O[C@H](C)[C@@H](O)[C@@H](O)[C@H]2O)[C@@H](O)[C@@H](O)[C@H]1O)C1CCC2(C)C1C(O)CC1C3(C)C(O)CC(O[C@@H]4O[C@H](CO)[C@@H](O)[C@@H](O)[C@H]4O[C@@H]4O[C@H](CO)[C@@H](O)[C@@H](O)[C@H]4O)C(C)(C)C3CCC12C. The van der Waals surface area contributed by atoms with Gasteiger partial charge in [0.1, 0.15) is 91.6 Å². The number of hydrogen-bond donors (Lipinski definition) is 15. The molecule has 0 spiro atoms. The van der Waals surface area contributed by atoms with E-state index in [4.69, 9.17) is 37.9 Å². The van der Waals surface area contributed by atoms with E-state index in [9.17, 15) is 76.6 Å². The molecular formula is C54H92O23. The zero-order valence-corrected chi connectivity index (χ0v) is 45.9. The maximum Gasteiger partial charge on any atom is 0.187 e. The third kappa shape index (κ3) is 10.7. The molecule has 4 saturated heterocycles. The second-order valence-electron chi connectivity index (χ2n) is 25.8. The van der Waals surface area contributed by atoms with Gasteiger partial charge >= 0.3 is 0 Å². The van der Waals surface area contributed by atoms with Crippen LogP contribution in [0.5, 0.6) is 0 Å². The monoisotopic (exact) mass is 1110 g/mol. The van der Waals surface area contributed by atoms with Crippen LogP contribution in [0.3, 0.4) is 0 Å². The van der Waals surface area contributed by atoms with Crippen LogP contribution in [0.15, 0.2) is 11.6 Å². The van der Waals surface area contributed by atoms with Crippen molar-refractivity contribution in [3.8, 4) is 0 Å². The first-order valence-electron chi connectivity index (χ1n) is 27.9. The molecule has 0 aromatic rings. The number of aliphatic hydroxyl groups excluding tert-OH is 15. The van der Waals surface area contributed by atoms with Gasteiger partial charge in [-0.15, -0.1) is 0 Å². The van der Waals surface area contributed by atoms with Crippen LogP contribution in [0.25, 0.3) is 0 Å². The molecule has 11 unspecified atom stereocenters. The van der Waals surface area contributed by atoms with Gasteiger partial charge in [-0.2, -0.15) is 0 Å². The Labute approximate surface area is 450 Å². The van der Waals surface area contributed by atoms with Crippen LogP contribution < -0.4 is 0 Å². The Kier molecular flexibility index (Phi) is 18.6. The zero-order valence-electron chi connectivity index (χ0n) is 45.9. The highest BCUT2D eigenvalue weighted by molar-refractivity contribution is 5.22. The molecule has 23 nitrogen and oxygen atoms in total. The normalized spacial score (nSPS) is 53.6. The number of fused-ring (bicyclic) bond motifs is 5. The van der Waals surface area contributed by atoms with E-state index >= 15 is 0 Å². The molecule has 0 amide bonds. The van der Waals surface area contributed by atoms with Crippen molar-refractivity contribution < 1.29 is 114 Å². The molecule has 446 valence electrons. The van der Waals surface area contributed by atoms with E-state index in [0.29, 0.717) is 44.9 Å². The van der Waals surface area contributed by atoms with Gasteiger partial charge in [0, 0.05) is 11.8 Å². The Morgan fingerprint density at radius 3 is 1.75 bits per heavy atom. The quantitative estimate of drug-likeness (QED) is 0.0611. The second-order valence-corrected chi connectivity index (χ2v) is 25.8. The van der Waals surface area contributed by atoms with E-state index in [1.54, 1.807) is 0 Å². The molecule has 15 N–H and O–H groups in total. The van der Waals surface area contributed by atoms with Crippen molar-refractivity contribution in [3.05, 3.63) is 11.6 Å². The molecule has 23 heteroatoms. The highest BCUT2D eigenvalue weighted by atomic mass is 16.8. The third-order valence-corrected chi connectivity index (χ3v) is 21.0. The summed E-state index contributed by atoms with van der Waals surface area (Å²) in [6, 6.07) is 0. The molecule has 8 fully saturated rings. The van der Waals surface area contributed by atoms with Crippen LogP contribution >= 0.6 is 0 Å². The first-order chi connectivity index (χ1) is 35.9. The van der Waals surface area contributed by atoms with Crippen molar-refractivity contribution in [2.24, 2.45) is 45.3 Å². The van der Waals surface area contributed by atoms with Gasteiger partial charge in [0.15, 0.2) is 25.2 Å². The molecule has 77 heavy (non-hydrogen) atoms. The molecule has 0 bridgehead atoms. The Balaban J connectivity index is 1.03. The number of hydrogen-bond acceptors (Lipinski definition) is 23. The summed E-state index contributed by atoms with van der Waals surface area (Å²) in [6.45, 7) is 16.1. The fraction of sp³-hybridized carbons (Fsp3) is 0.963. The molecule has 4 aliphatic carbocycles. The van der Waals surface area contributed by atoms with Gasteiger partial charge in [-0.1, -0.05) is 46.3 Å². The van der Waals surface area contributed by atoms with E-state index in [0.717, 1.165) is 5.57 Å². The highest BCUT2D eigenvalue weighted by Gasteiger charge is 2.74. The summed E-state index contributed by atoms with van der Waals surface area (Å²) in [4.78, 5) is 0. The predicted octanol–water partition coefficient (Wildman–Crippen LogP) is -2.20. The van der Waals surface area contributed by atoms with Crippen molar-refractivity contribution in [3.63, 3.8) is 0 Å². The summed E-state index contributed by atoms with van der Waals surface area (Å²) in [7, 11) is 0. The van der Waals surface area contributed by atoms with Gasteiger partial charge in [0.2, 0.25) is 0 Å². The molecule has 4 heterocycles. The molecule has 0 aromatic heterocycles. The van der Waals surface area contributed by atoms with Crippen LogP contribution in [-0.2, 0) is 37.9 Å². The minimum atomic E-state index is -1.86. The summed E-state index contributed by atoms with van der Waals surface area (Å²) in [5, 5.41) is 165. The van der Waals surface area contributed by atoms with E-state index < -0.39 is 188 Å². The molecule has 8 rings (SSSR count). The lowest BCUT2D eigenvalue weighted by Gasteiger charge is -2.71. The lowest BCUT2D eigenvalue weighted by molar-refractivity contribution is -0.381. The standard InChI is InChI=1S/C54H92O23/c1-22(2)11-10-14-53(8,77-48-44(69)40(65)37(62)28(74-48)21-70-46-42(67)38(63)34(59)23(3)71-46)24-12-15-52(7)33(24)25(57)17-30-51(52,6)16-13-29-50(4,5)32(18-31(58)54(29,30)9)75-49-45(41(66)36(61)27(20-56)73-49)76-47-43(68)39(64)35(60)26(19-55)72-47/h11,23-49,55-69H,10,12-21H2,1-9H3/t23-,24?,25?,26-,27-,28-,29?,30?,31?,32?,33?,34-,35-,36-,37-,38-,39-,40-,41-,42-,43-,44-,45-,46-,47+,48+,49+,51?,52?,53?,54?/m1/s1. The van der Waals surface area contributed by atoms with Crippen LogP contribution in [0.4, 0.5) is 0 Å². The van der Waals surface area contributed by atoms with Crippen LogP contribution in [0.1, 0.15) is 114 Å². The molecule has 0 radical (unpaired) electrons. The van der Waals surface area contributed by atoms with Gasteiger partial charge in [-0.25, -0.2) is 0 Å². The lowest BCUT2D eigenvalue weighted by Crippen LogP contribution is -2.70. The first kappa shape index (κ1) is 61.9. The summed E-state index contributed by atoms with van der Waals surface area (Å²) in [5.41, 5.74) is -2.54. The van der Waals surface area contributed by atoms with Gasteiger partial charge < -0.3 is 114 Å². The smallest absolute Gasteiger partial charge is 0.187 e. The van der Waals surface area contributed by atoms with Gasteiger partial charge in [-0.05, 0) is 113 Å². The number of allylic oxidation sites excluding steroid dienone is 2.